The molecule has 0 spiro atoms. The maximum absolute atomic E-state index is 12.1. The third-order valence-electron chi connectivity index (χ3n) is 3.33. The van der Waals surface area contributed by atoms with Gasteiger partial charge in [0.05, 0.1) is 9.80 Å². The number of nitro groups is 1. The molecule has 0 bridgehead atoms. The van der Waals surface area contributed by atoms with Crippen molar-refractivity contribution in [3.63, 3.8) is 0 Å². The minimum Gasteiger partial charge on any atom is -0.352 e. The topological polar surface area (TPSA) is 89.3 Å². The van der Waals surface area contributed by atoms with Crippen molar-refractivity contribution in [3.8, 4) is 0 Å². The number of hydrogen-bond donors (Lipinski definition) is 1. The highest BCUT2D eigenvalue weighted by Crippen LogP contribution is 2.19. The van der Waals surface area contributed by atoms with Gasteiger partial charge in [0.1, 0.15) is 0 Å². The van der Waals surface area contributed by atoms with E-state index in [0.29, 0.717) is 23.4 Å². The Morgan fingerprint density at radius 1 is 1.26 bits per heavy atom. The van der Waals surface area contributed by atoms with Crippen LogP contribution < -0.4 is 5.32 Å². The zero-order valence-electron chi connectivity index (χ0n) is 12.8. The van der Waals surface area contributed by atoms with Gasteiger partial charge in [0.15, 0.2) is 5.78 Å². The molecule has 6 nitrogen and oxygen atoms in total. The van der Waals surface area contributed by atoms with Crippen molar-refractivity contribution in [2.75, 3.05) is 6.54 Å². The number of carbonyl (C=O) groups is 2. The molecule has 0 unspecified atom stereocenters. The van der Waals surface area contributed by atoms with Crippen molar-refractivity contribution < 1.29 is 14.5 Å². The molecule has 1 aromatic heterocycles. The molecule has 0 atom stereocenters. The van der Waals surface area contributed by atoms with Gasteiger partial charge in [0, 0.05) is 28.6 Å². The number of aryl methyl sites for hydroxylation is 1. The number of ketones is 1. The molecular weight excluding hydrogens is 316 g/mol. The Labute approximate surface area is 137 Å². The molecule has 2 rings (SSSR count). The maximum Gasteiger partial charge on any atom is 0.273 e. The van der Waals surface area contributed by atoms with Gasteiger partial charge in [0.25, 0.3) is 11.6 Å². The Balaban J connectivity index is 1.95. The molecule has 0 saturated heterocycles. The normalized spacial score (nSPS) is 10.3. The molecule has 2 aromatic rings. The van der Waals surface area contributed by atoms with Gasteiger partial charge in [-0.05, 0) is 38.5 Å². The molecule has 7 heteroatoms. The fourth-order valence-corrected chi connectivity index (χ4v) is 2.95. The van der Waals surface area contributed by atoms with E-state index >= 15 is 0 Å². The Hall–Kier alpha value is -2.54. The average Bonchev–Trinajstić information content (AvgIpc) is 2.96. The quantitative estimate of drug-likeness (QED) is 0.500. The van der Waals surface area contributed by atoms with Crippen molar-refractivity contribution in [1.82, 2.24) is 5.32 Å². The summed E-state index contributed by atoms with van der Waals surface area (Å²) in [6, 6.07) is 8.05. The van der Waals surface area contributed by atoms with Crippen molar-refractivity contribution in [2.24, 2.45) is 0 Å². The Morgan fingerprint density at radius 3 is 2.61 bits per heavy atom. The van der Waals surface area contributed by atoms with Crippen molar-refractivity contribution in [3.05, 3.63) is 61.3 Å². The average molecular weight is 332 g/mol. The van der Waals surface area contributed by atoms with E-state index in [4.69, 9.17) is 0 Å². The molecule has 0 saturated carbocycles. The number of carbonyl (C=O) groups excluding carboxylic acids is 2. The summed E-state index contributed by atoms with van der Waals surface area (Å²) in [4.78, 5) is 35.4. The zero-order valence-corrected chi connectivity index (χ0v) is 13.6. The standard InChI is InChI=1S/C16H16N2O4S/c1-10-3-4-12(9-14(10)18(21)22)16(20)17-8-7-13-5-6-15(23-13)11(2)19/h3-6,9H,7-8H2,1-2H3,(H,17,20). The van der Waals surface area contributed by atoms with Crippen LogP contribution in [0, 0.1) is 17.0 Å². The van der Waals surface area contributed by atoms with Crippen LogP contribution in [0.15, 0.2) is 30.3 Å². The van der Waals surface area contributed by atoms with Crippen LogP contribution >= 0.6 is 11.3 Å². The third kappa shape index (κ3) is 4.23. The van der Waals surface area contributed by atoms with Gasteiger partial charge in [-0.25, -0.2) is 0 Å². The van der Waals surface area contributed by atoms with E-state index in [1.807, 2.05) is 6.07 Å². The third-order valence-corrected chi connectivity index (χ3v) is 4.58. The summed E-state index contributed by atoms with van der Waals surface area (Å²) in [5, 5.41) is 13.6. The highest BCUT2D eigenvalue weighted by atomic mass is 32.1. The van der Waals surface area contributed by atoms with E-state index in [9.17, 15) is 19.7 Å². The number of Topliss-reactive ketones (excluding diaryl/α,β-unsaturated/α-hetero) is 1. The van der Waals surface area contributed by atoms with Crippen LogP contribution in [-0.4, -0.2) is 23.2 Å². The van der Waals surface area contributed by atoms with Crippen molar-refractivity contribution >= 4 is 28.7 Å². The van der Waals surface area contributed by atoms with Gasteiger partial charge >= 0.3 is 0 Å². The SMILES string of the molecule is CC(=O)c1ccc(CCNC(=O)c2ccc(C)c([N+](=O)[O-])c2)s1. The predicted molar refractivity (Wildman–Crippen MR) is 88.2 cm³/mol. The molecule has 120 valence electrons. The lowest BCUT2D eigenvalue weighted by atomic mass is 10.1. The Kier molecular flexibility index (Phi) is 5.23. The number of amides is 1. The summed E-state index contributed by atoms with van der Waals surface area (Å²) in [5.41, 5.74) is 0.710. The van der Waals surface area contributed by atoms with Crippen LogP contribution in [0.25, 0.3) is 0 Å². The molecule has 0 aliphatic carbocycles. The van der Waals surface area contributed by atoms with Crippen molar-refractivity contribution in [1.29, 1.82) is 0 Å². The molecule has 1 aromatic carbocycles. The summed E-state index contributed by atoms with van der Waals surface area (Å²) in [7, 11) is 0. The van der Waals surface area contributed by atoms with Gasteiger partial charge in [-0.1, -0.05) is 6.07 Å². The fourth-order valence-electron chi connectivity index (χ4n) is 2.05. The van der Waals surface area contributed by atoms with E-state index in [1.165, 1.54) is 24.3 Å². The van der Waals surface area contributed by atoms with Crippen LogP contribution in [0.5, 0.6) is 0 Å². The second-order valence-electron chi connectivity index (χ2n) is 5.09. The molecule has 23 heavy (non-hydrogen) atoms. The zero-order chi connectivity index (χ0) is 17.0. The first-order valence-corrected chi connectivity index (χ1v) is 7.83. The molecule has 0 aliphatic heterocycles. The largest absolute Gasteiger partial charge is 0.352 e. The van der Waals surface area contributed by atoms with E-state index < -0.39 is 4.92 Å². The summed E-state index contributed by atoms with van der Waals surface area (Å²) in [6.07, 6.45) is 0.609. The first kappa shape index (κ1) is 16.8. The van der Waals surface area contributed by atoms with Crippen LogP contribution in [0.3, 0.4) is 0 Å². The second kappa shape index (κ2) is 7.15. The first-order valence-electron chi connectivity index (χ1n) is 7.01. The number of benzene rings is 1. The maximum atomic E-state index is 12.1. The molecule has 0 radical (unpaired) electrons. The van der Waals surface area contributed by atoms with Crippen molar-refractivity contribution in [2.45, 2.75) is 20.3 Å². The van der Waals surface area contributed by atoms with E-state index in [-0.39, 0.29) is 22.9 Å². The Bertz CT molecular complexity index is 767. The number of thiophene rings is 1. The highest BCUT2D eigenvalue weighted by Gasteiger charge is 2.14. The predicted octanol–water partition coefficient (Wildman–Crippen LogP) is 3.14. The van der Waals surface area contributed by atoms with Crippen LogP contribution in [0.4, 0.5) is 5.69 Å². The lowest BCUT2D eigenvalue weighted by molar-refractivity contribution is -0.385. The molecule has 1 heterocycles. The molecule has 0 aliphatic rings. The lowest BCUT2D eigenvalue weighted by Crippen LogP contribution is -2.25. The molecule has 1 N–H and O–H groups in total. The molecular formula is C16H16N2O4S. The summed E-state index contributed by atoms with van der Waals surface area (Å²) in [5.74, 6) is -0.325. The lowest BCUT2D eigenvalue weighted by Gasteiger charge is -2.05. The van der Waals surface area contributed by atoms with E-state index in [1.54, 1.807) is 25.1 Å². The number of rotatable bonds is 6. The van der Waals surface area contributed by atoms with E-state index in [2.05, 4.69) is 5.32 Å². The van der Waals surface area contributed by atoms with Gasteiger partial charge in [0.2, 0.25) is 0 Å². The second-order valence-corrected chi connectivity index (χ2v) is 6.25. The minimum absolute atomic E-state index is 0.0252. The number of nitrogens with zero attached hydrogens (tertiary/aromatic N) is 1. The van der Waals surface area contributed by atoms with Crippen LogP contribution in [0.2, 0.25) is 0 Å². The van der Waals surface area contributed by atoms with Gasteiger partial charge in [-0.2, -0.15) is 0 Å². The summed E-state index contributed by atoms with van der Waals surface area (Å²) < 4.78 is 0. The van der Waals surface area contributed by atoms with Crippen LogP contribution in [0.1, 0.15) is 37.4 Å². The van der Waals surface area contributed by atoms with Crippen LogP contribution in [-0.2, 0) is 6.42 Å². The van der Waals surface area contributed by atoms with Gasteiger partial charge in [-0.15, -0.1) is 11.3 Å². The summed E-state index contributed by atoms with van der Waals surface area (Å²) >= 11 is 1.41. The smallest absolute Gasteiger partial charge is 0.273 e. The molecule has 1 amide bonds. The summed E-state index contributed by atoms with van der Waals surface area (Å²) in [6.45, 7) is 3.54. The molecule has 0 fully saturated rings. The van der Waals surface area contributed by atoms with Gasteiger partial charge in [-0.3, -0.25) is 19.7 Å². The number of nitro benzene ring substituents is 1. The van der Waals surface area contributed by atoms with E-state index in [0.717, 1.165) is 4.88 Å². The fraction of sp³-hybridized carbons (Fsp3) is 0.250. The number of nitrogens with one attached hydrogen (secondary N) is 1. The monoisotopic (exact) mass is 332 g/mol. The number of hydrogen-bond acceptors (Lipinski definition) is 5. The highest BCUT2D eigenvalue weighted by molar-refractivity contribution is 7.14. The minimum atomic E-state index is -0.499. The van der Waals surface area contributed by atoms with Gasteiger partial charge < -0.3 is 5.32 Å². The first-order chi connectivity index (χ1) is 10.9. The Morgan fingerprint density at radius 2 is 2.00 bits per heavy atom.